The summed E-state index contributed by atoms with van der Waals surface area (Å²) in [6.45, 7) is 1.55. The van der Waals surface area contributed by atoms with E-state index in [1.54, 1.807) is 78.9 Å². The summed E-state index contributed by atoms with van der Waals surface area (Å²) in [5.74, 6) is -0.437. The Morgan fingerprint density at radius 3 is 1.89 bits per heavy atom. The first-order valence-corrected chi connectivity index (χ1v) is 13.4. The molecule has 3 amide bonds. The number of benzene rings is 3. The molecule has 3 aromatic rings. The van der Waals surface area contributed by atoms with Gasteiger partial charge in [0.2, 0.25) is 0 Å². The van der Waals surface area contributed by atoms with Crippen LogP contribution in [0, 0.1) is 0 Å². The van der Waals surface area contributed by atoms with Crippen LogP contribution in [0.15, 0.2) is 83.8 Å². The van der Waals surface area contributed by atoms with Crippen molar-refractivity contribution in [3.63, 3.8) is 0 Å². The Hall–Kier alpha value is -3.65. The van der Waals surface area contributed by atoms with E-state index < -0.39 is 9.84 Å². The molecule has 35 heavy (non-hydrogen) atoms. The lowest BCUT2D eigenvalue weighted by atomic mass is 10.1. The van der Waals surface area contributed by atoms with Gasteiger partial charge in [0, 0.05) is 30.0 Å². The normalized spacial score (nSPS) is 14.1. The maximum Gasteiger partial charge on any atom is 0.321 e. The zero-order chi connectivity index (χ0) is 24.7. The Balaban J connectivity index is 1.32. The number of sulfone groups is 1. The van der Waals surface area contributed by atoms with Crippen molar-refractivity contribution >= 4 is 33.2 Å². The monoisotopic (exact) mass is 491 g/mol. The summed E-state index contributed by atoms with van der Waals surface area (Å²) in [6, 6.07) is 21.7. The summed E-state index contributed by atoms with van der Waals surface area (Å²) >= 11 is 0. The first-order valence-electron chi connectivity index (χ1n) is 11.7. The Bertz CT molecular complexity index is 1250. The van der Waals surface area contributed by atoms with Gasteiger partial charge in [-0.3, -0.25) is 4.79 Å². The number of urea groups is 1. The number of likely N-dealkylation sites (tertiary alicyclic amines) is 1. The molecule has 1 fully saturated rings. The Labute approximate surface area is 206 Å². The summed E-state index contributed by atoms with van der Waals surface area (Å²) in [7, 11) is -3.45. The molecule has 0 spiro atoms. The number of rotatable bonds is 6. The van der Waals surface area contributed by atoms with E-state index in [-0.39, 0.29) is 22.6 Å². The largest absolute Gasteiger partial charge is 0.325 e. The lowest BCUT2D eigenvalue weighted by Gasteiger charge is -2.20. The van der Waals surface area contributed by atoms with Crippen LogP contribution in [-0.4, -0.2) is 38.3 Å². The molecule has 0 unspecified atom stereocenters. The van der Waals surface area contributed by atoms with Crippen molar-refractivity contribution in [2.75, 3.05) is 23.7 Å². The van der Waals surface area contributed by atoms with Gasteiger partial charge in [-0.2, -0.15) is 0 Å². The highest BCUT2D eigenvalue weighted by atomic mass is 32.2. The van der Waals surface area contributed by atoms with E-state index in [1.165, 1.54) is 0 Å². The third-order valence-electron chi connectivity index (χ3n) is 5.96. The van der Waals surface area contributed by atoms with Gasteiger partial charge in [0.25, 0.3) is 5.91 Å². The molecule has 1 heterocycles. The molecule has 7 nitrogen and oxygen atoms in total. The van der Waals surface area contributed by atoms with Crippen LogP contribution in [0.25, 0.3) is 0 Å². The maximum absolute atomic E-state index is 12.6. The Morgan fingerprint density at radius 2 is 1.29 bits per heavy atom. The topological polar surface area (TPSA) is 95.6 Å². The van der Waals surface area contributed by atoms with Gasteiger partial charge in [-0.15, -0.1) is 0 Å². The second-order valence-corrected chi connectivity index (χ2v) is 10.6. The summed E-state index contributed by atoms with van der Waals surface area (Å²) in [5, 5.41) is 5.74. The quantitative estimate of drug-likeness (QED) is 0.488. The number of nitrogens with zero attached hydrogens (tertiary/aromatic N) is 1. The highest BCUT2D eigenvalue weighted by Gasteiger charge is 2.17. The van der Waals surface area contributed by atoms with Gasteiger partial charge < -0.3 is 15.5 Å². The smallest absolute Gasteiger partial charge is 0.321 e. The van der Waals surface area contributed by atoms with Crippen molar-refractivity contribution < 1.29 is 18.0 Å². The summed E-state index contributed by atoms with van der Waals surface area (Å²) < 4.78 is 25.1. The van der Waals surface area contributed by atoms with Crippen LogP contribution in [0.4, 0.5) is 16.2 Å². The molecule has 182 valence electrons. The van der Waals surface area contributed by atoms with Crippen LogP contribution >= 0.6 is 0 Å². The average molecular weight is 492 g/mol. The number of anilines is 2. The van der Waals surface area contributed by atoms with Crippen LogP contribution in [-0.2, 0) is 15.6 Å². The molecular weight excluding hydrogens is 462 g/mol. The summed E-state index contributed by atoms with van der Waals surface area (Å²) in [5.41, 5.74) is 2.29. The van der Waals surface area contributed by atoms with Crippen molar-refractivity contribution in [3.05, 3.63) is 90.0 Å². The lowest BCUT2D eigenvalue weighted by molar-refractivity contribution is 0.102. The fraction of sp³-hybridized carbons (Fsp3) is 0.259. The van der Waals surface area contributed by atoms with E-state index in [4.69, 9.17) is 0 Å². The molecule has 0 aromatic heterocycles. The Morgan fingerprint density at radius 1 is 0.714 bits per heavy atom. The van der Waals surface area contributed by atoms with Crippen molar-refractivity contribution in [2.24, 2.45) is 0 Å². The van der Waals surface area contributed by atoms with Crippen LogP contribution in [0.2, 0.25) is 0 Å². The second-order valence-electron chi connectivity index (χ2n) is 8.63. The fourth-order valence-corrected chi connectivity index (χ4v) is 5.37. The van der Waals surface area contributed by atoms with Crippen LogP contribution in [0.3, 0.4) is 0 Å². The molecule has 1 aliphatic rings. The van der Waals surface area contributed by atoms with E-state index in [0.717, 1.165) is 38.8 Å². The van der Waals surface area contributed by atoms with Crippen molar-refractivity contribution in [2.45, 2.75) is 36.3 Å². The third kappa shape index (κ3) is 6.70. The number of hydrogen-bond donors (Lipinski definition) is 2. The fourth-order valence-electron chi connectivity index (χ4n) is 4.00. The number of carbonyl (C=O) groups is 2. The molecule has 2 N–H and O–H groups in total. The third-order valence-corrected chi connectivity index (χ3v) is 7.67. The van der Waals surface area contributed by atoms with Crippen molar-refractivity contribution in [1.82, 2.24) is 4.90 Å². The van der Waals surface area contributed by atoms with Crippen LogP contribution < -0.4 is 10.6 Å². The van der Waals surface area contributed by atoms with Gasteiger partial charge in [-0.25, -0.2) is 13.2 Å². The molecule has 8 heteroatoms. The predicted molar refractivity (Wildman–Crippen MR) is 137 cm³/mol. The molecule has 0 aliphatic carbocycles. The summed E-state index contributed by atoms with van der Waals surface area (Å²) in [4.78, 5) is 27.2. The molecule has 1 saturated heterocycles. The second kappa shape index (κ2) is 11.2. The predicted octanol–water partition coefficient (Wildman–Crippen LogP) is 5.32. The molecular formula is C27H29N3O4S. The first kappa shape index (κ1) is 24.5. The number of carbonyl (C=O) groups excluding carboxylic acids is 2. The van der Waals surface area contributed by atoms with Gasteiger partial charge in [0.15, 0.2) is 9.84 Å². The van der Waals surface area contributed by atoms with Crippen LogP contribution in [0.5, 0.6) is 0 Å². The number of amides is 3. The van der Waals surface area contributed by atoms with Gasteiger partial charge in [-0.05, 0) is 66.9 Å². The van der Waals surface area contributed by atoms with E-state index in [0.29, 0.717) is 22.5 Å². The maximum atomic E-state index is 12.6. The SMILES string of the molecule is O=C(Nc1ccc(NC(=O)N2CCCCCC2)cc1)c1ccc(CS(=O)(=O)c2ccccc2)cc1. The molecule has 3 aromatic carbocycles. The Kier molecular flexibility index (Phi) is 7.82. The van der Waals surface area contributed by atoms with Crippen LogP contribution in [0.1, 0.15) is 41.6 Å². The van der Waals surface area contributed by atoms with Crippen molar-refractivity contribution in [1.29, 1.82) is 0 Å². The molecule has 4 rings (SSSR count). The zero-order valence-corrected chi connectivity index (χ0v) is 20.3. The molecule has 0 bridgehead atoms. The highest BCUT2D eigenvalue weighted by molar-refractivity contribution is 7.90. The zero-order valence-electron chi connectivity index (χ0n) is 19.4. The first-order chi connectivity index (χ1) is 16.9. The lowest BCUT2D eigenvalue weighted by Crippen LogP contribution is -2.35. The highest BCUT2D eigenvalue weighted by Crippen LogP contribution is 2.19. The minimum Gasteiger partial charge on any atom is -0.325 e. The van der Waals surface area contributed by atoms with E-state index in [2.05, 4.69) is 10.6 Å². The molecule has 0 radical (unpaired) electrons. The molecule has 0 atom stereocenters. The molecule has 1 aliphatic heterocycles. The standard InChI is InChI=1S/C27H29N3O4S/c31-26(22-12-10-21(11-13-22)20-35(33,34)25-8-4-3-5-9-25)28-23-14-16-24(17-15-23)29-27(32)30-18-6-1-2-7-19-30/h3-5,8-17H,1-2,6-7,18-20H2,(H,28,31)(H,29,32). The average Bonchev–Trinajstić information content (AvgIpc) is 3.16. The summed E-state index contributed by atoms with van der Waals surface area (Å²) in [6.07, 6.45) is 4.38. The number of hydrogen-bond acceptors (Lipinski definition) is 4. The minimum absolute atomic E-state index is 0.0990. The van der Waals surface area contributed by atoms with E-state index in [1.807, 2.05) is 4.90 Å². The minimum atomic E-state index is -3.45. The van der Waals surface area contributed by atoms with Gasteiger partial charge in [0.05, 0.1) is 10.6 Å². The van der Waals surface area contributed by atoms with Gasteiger partial charge in [0.1, 0.15) is 0 Å². The number of nitrogens with one attached hydrogen (secondary N) is 2. The van der Waals surface area contributed by atoms with E-state index in [9.17, 15) is 18.0 Å². The van der Waals surface area contributed by atoms with Gasteiger partial charge in [-0.1, -0.05) is 43.2 Å². The van der Waals surface area contributed by atoms with Crippen molar-refractivity contribution in [3.8, 4) is 0 Å². The van der Waals surface area contributed by atoms with E-state index >= 15 is 0 Å². The molecule has 0 saturated carbocycles. The van der Waals surface area contributed by atoms with Gasteiger partial charge >= 0.3 is 6.03 Å².